The molecule has 0 heterocycles. The van der Waals surface area contributed by atoms with Crippen LogP contribution in [0.2, 0.25) is 0 Å². The number of rotatable bonds is 5. The smallest absolute Gasteiger partial charge is 0.00683 e. The van der Waals surface area contributed by atoms with Gasteiger partial charge in [0.05, 0.1) is 0 Å². The summed E-state index contributed by atoms with van der Waals surface area (Å²) in [6, 6.07) is 0.902. The topological polar surface area (TPSA) is 12.0 Å². The van der Waals surface area contributed by atoms with E-state index < -0.39 is 0 Å². The molecular weight excluding hydrogens is 218 g/mol. The summed E-state index contributed by atoms with van der Waals surface area (Å²) in [5, 5.41) is 3.80. The van der Waals surface area contributed by atoms with Gasteiger partial charge in [0.1, 0.15) is 0 Å². The average Bonchev–Trinajstić information content (AvgIpc) is 3.13. The van der Waals surface area contributed by atoms with E-state index in [0.29, 0.717) is 0 Å². The number of hydrogen-bond donors (Lipinski definition) is 1. The molecule has 0 bridgehead atoms. The summed E-state index contributed by atoms with van der Waals surface area (Å²) in [5.41, 5.74) is 0. The molecule has 0 aromatic rings. The third-order valence-corrected chi connectivity index (χ3v) is 6.01. The average molecular weight is 249 g/mol. The van der Waals surface area contributed by atoms with Crippen LogP contribution >= 0.6 is 0 Å². The Balaban J connectivity index is 1.57. The van der Waals surface area contributed by atoms with Crippen molar-refractivity contribution in [2.24, 2.45) is 23.7 Å². The van der Waals surface area contributed by atoms with Gasteiger partial charge in [-0.25, -0.2) is 0 Å². The van der Waals surface area contributed by atoms with Crippen molar-refractivity contribution in [2.45, 2.75) is 77.2 Å². The molecular formula is C17H31N. The molecule has 3 rings (SSSR count). The quantitative estimate of drug-likeness (QED) is 0.763. The van der Waals surface area contributed by atoms with E-state index >= 15 is 0 Å². The van der Waals surface area contributed by atoms with Gasteiger partial charge in [-0.1, -0.05) is 39.0 Å². The first-order valence-corrected chi connectivity index (χ1v) is 8.62. The fourth-order valence-corrected chi connectivity index (χ4v) is 4.79. The maximum absolute atomic E-state index is 3.80. The van der Waals surface area contributed by atoms with Crippen LogP contribution in [0.15, 0.2) is 0 Å². The predicted octanol–water partition coefficient (Wildman–Crippen LogP) is 4.37. The van der Waals surface area contributed by atoms with Gasteiger partial charge in [0.2, 0.25) is 0 Å². The Morgan fingerprint density at radius 1 is 0.778 bits per heavy atom. The first kappa shape index (κ1) is 13.0. The largest absolute Gasteiger partial charge is 0.314 e. The van der Waals surface area contributed by atoms with E-state index in [4.69, 9.17) is 0 Å². The Morgan fingerprint density at radius 2 is 1.44 bits per heavy atom. The predicted molar refractivity (Wildman–Crippen MR) is 77.6 cm³/mol. The first-order chi connectivity index (χ1) is 8.88. The molecule has 0 aromatic heterocycles. The van der Waals surface area contributed by atoms with Crippen molar-refractivity contribution >= 4 is 0 Å². The Labute approximate surface area is 113 Å². The second kappa shape index (κ2) is 5.94. The fraction of sp³-hybridized carbons (Fsp3) is 1.00. The van der Waals surface area contributed by atoms with Crippen molar-refractivity contribution in [1.82, 2.24) is 5.32 Å². The van der Waals surface area contributed by atoms with Gasteiger partial charge in [0.25, 0.3) is 0 Å². The molecule has 0 spiro atoms. The third kappa shape index (κ3) is 2.92. The lowest BCUT2D eigenvalue weighted by Gasteiger charge is -2.38. The van der Waals surface area contributed by atoms with E-state index in [9.17, 15) is 0 Å². The zero-order chi connectivity index (χ0) is 12.4. The highest BCUT2D eigenvalue weighted by Gasteiger charge is 2.38. The molecule has 1 nitrogen and oxygen atoms in total. The lowest BCUT2D eigenvalue weighted by Crippen LogP contribution is -2.34. The van der Waals surface area contributed by atoms with Gasteiger partial charge in [-0.2, -0.15) is 0 Å². The van der Waals surface area contributed by atoms with Crippen molar-refractivity contribution in [3.05, 3.63) is 0 Å². The van der Waals surface area contributed by atoms with Gasteiger partial charge in [-0.3, -0.25) is 0 Å². The SMILES string of the molecule is CCC1CCCCC1C1CCCC1CNC1CC1. The van der Waals surface area contributed by atoms with E-state index in [-0.39, 0.29) is 0 Å². The van der Waals surface area contributed by atoms with Gasteiger partial charge >= 0.3 is 0 Å². The molecule has 0 amide bonds. The van der Waals surface area contributed by atoms with Crippen LogP contribution in [0.1, 0.15) is 71.1 Å². The van der Waals surface area contributed by atoms with Crippen molar-refractivity contribution in [1.29, 1.82) is 0 Å². The molecule has 18 heavy (non-hydrogen) atoms. The van der Waals surface area contributed by atoms with Crippen LogP contribution in [0.5, 0.6) is 0 Å². The second-order valence-electron chi connectivity index (χ2n) is 7.15. The highest BCUT2D eigenvalue weighted by atomic mass is 14.9. The first-order valence-electron chi connectivity index (χ1n) is 8.62. The molecule has 0 aliphatic heterocycles. The molecule has 4 atom stereocenters. The second-order valence-corrected chi connectivity index (χ2v) is 7.15. The molecule has 3 aliphatic carbocycles. The maximum Gasteiger partial charge on any atom is 0.00683 e. The normalized spacial score (nSPS) is 41.2. The highest BCUT2D eigenvalue weighted by molar-refractivity contribution is 4.90. The third-order valence-electron chi connectivity index (χ3n) is 6.01. The molecule has 0 aromatic carbocycles. The summed E-state index contributed by atoms with van der Waals surface area (Å²) in [5.74, 6) is 4.23. The van der Waals surface area contributed by atoms with Crippen molar-refractivity contribution < 1.29 is 0 Å². The van der Waals surface area contributed by atoms with E-state index in [0.717, 1.165) is 29.7 Å². The van der Waals surface area contributed by atoms with Crippen LogP contribution < -0.4 is 5.32 Å². The lowest BCUT2D eigenvalue weighted by atomic mass is 9.68. The molecule has 104 valence electrons. The summed E-state index contributed by atoms with van der Waals surface area (Å²) >= 11 is 0. The number of nitrogens with one attached hydrogen (secondary N) is 1. The van der Waals surface area contributed by atoms with Gasteiger partial charge in [-0.05, 0) is 62.3 Å². The van der Waals surface area contributed by atoms with Crippen molar-refractivity contribution in [3.8, 4) is 0 Å². The summed E-state index contributed by atoms with van der Waals surface area (Å²) in [6.45, 7) is 3.76. The Hall–Kier alpha value is -0.0400. The van der Waals surface area contributed by atoms with E-state index in [1.54, 1.807) is 6.42 Å². The Bertz CT molecular complexity index is 258. The van der Waals surface area contributed by atoms with E-state index in [1.165, 1.54) is 64.3 Å². The minimum atomic E-state index is 0.902. The number of hydrogen-bond acceptors (Lipinski definition) is 1. The van der Waals surface area contributed by atoms with Crippen LogP contribution in [0.4, 0.5) is 0 Å². The minimum Gasteiger partial charge on any atom is -0.314 e. The van der Waals surface area contributed by atoms with Crippen LogP contribution in [0, 0.1) is 23.7 Å². The maximum atomic E-state index is 3.80. The van der Waals surface area contributed by atoms with Crippen LogP contribution in [-0.2, 0) is 0 Å². The minimum absolute atomic E-state index is 0.902. The van der Waals surface area contributed by atoms with Crippen LogP contribution in [-0.4, -0.2) is 12.6 Å². The summed E-state index contributed by atoms with van der Waals surface area (Å²) < 4.78 is 0. The molecule has 0 saturated heterocycles. The molecule has 1 N–H and O–H groups in total. The monoisotopic (exact) mass is 249 g/mol. The van der Waals surface area contributed by atoms with Crippen LogP contribution in [0.3, 0.4) is 0 Å². The lowest BCUT2D eigenvalue weighted by molar-refractivity contribution is 0.126. The summed E-state index contributed by atoms with van der Waals surface area (Å²) in [6.07, 6.45) is 15.0. The van der Waals surface area contributed by atoms with Gasteiger partial charge < -0.3 is 5.32 Å². The van der Waals surface area contributed by atoms with E-state index in [2.05, 4.69) is 12.2 Å². The van der Waals surface area contributed by atoms with Crippen molar-refractivity contribution in [3.63, 3.8) is 0 Å². The fourth-order valence-electron chi connectivity index (χ4n) is 4.79. The molecule has 1 heteroatoms. The zero-order valence-electron chi connectivity index (χ0n) is 12.2. The molecule has 4 unspecified atom stereocenters. The molecule has 3 aliphatic rings. The van der Waals surface area contributed by atoms with Gasteiger partial charge in [-0.15, -0.1) is 0 Å². The Morgan fingerprint density at radius 3 is 2.22 bits per heavy atom. The summed E-state index contributed by atoms with van der Waals surface area (Å²) in [4.78, 5) is 0. The van der Waals surface area contributed by atoms with E-state index in [1.807, 2.05) is 0 Å². The summed E-state index contributed by atoms with van der Waals surface area (Å²) in [7, 11) is 0. The Kier molecular flexibility index (Phi) is 4.28. The molecule has 0 radical (unpaired) electrons. The molecule has 3 saturated carbocycles. The van der Waals surface area contributed by atoms with Crippen LogP contribution in [0.25, 0.3) is 0 Å². The van der Waals surface area contributed by atoms with Gasteiger partial charge in [0.15, 0.2) is 0 Å². The van der Waals surface area contributed by atoms with Crippen molar-refractivity contribution in [2.75, 3.05) is 6.54 Å². The molecule has 3 fully saturated rings. The zero-order valence-corrected chi connectivity index (χ0v) is 12.2. The highest BCUT2D eigenvalue weighted by Crippen LogP contribution is 2.46. The van der Waals surface area contributed by atoms with Gasteiger partial charge in [0, 0.05) is 6.04 Å². The standard InChI is InChI=1S/C17H31N/c1-2-13-6-3-4-8-16(13)17-9-5-7-14(17)12-18-15-10-11-15/h13-18H,2-12H2,1H3.